The van der Waals surface area contributed by atoms with E-state index in [0.29, 0.717) is 5.76 Å². The largest absolute Gasteiger partial charge is 0.496 e. The Balaban J connectivity index is 2.65. The first-order valence-electron chi connectivity index (χ1n) is 5.97. The summed E-state index contributed by atoms with van der Waals surface area (Å²) in [5.41, 5.74) is 9.76. The lowest BCUT2D eigenvalue weighted by atomic mass is 10.0. The molecule has 0 fully saturated rings. The Kier molecular flexibility index (Phi) is 3.28. The van der Waals surface area contributed by atoms with Crippen LogP contribution in [0, 0.1) is 13.8 Å². The summed E-state index contributed by atoms with van der Waals surface area (Å²) in [5.74, 6) is 1.49. The summed E-state index contributed by atoms with van der Waals surface area (Å²) in [7, 11) is 1.65. The van der Waals surface area contributed by atoms with Crippen molar-refractivity contribution < 1.29 is 9.15 Å². The summed E-state index contributed by atoms with van der Waals surface area (Å²) in [6.07, 6.45) is 0.770. The molecule has 2 aromatic rings. The molecule has 1 heterocycles. The standard InChI is InChI=1S/C14H18N2O2/c1-5-11-13(18-14(15)16-11)10-6-8(2)9(3)7-12(10)17-4/h6-7H,5H2,1-4H3,(H2,15,16). The summed E-state index contributed by atoms with van der Waals surface area (Å²) in [5, 5.41) is 0. The molecule has 0 atom stereocenters. The van der Waals surface area contributed by atoms with Crippen LogP contribution in [0.1, 0.15) is 23.7 Å². The highest BCUT2D eigenvalue weighted by atomic mass is 16.5. The Morgan fingerprint density at radius 2 is 1.94 bits per heavy atom. The summed E-state index contributed by atoms with van der Waals surface area (Å²) in [4.78, 5) is 4.19. The van der Waals surface area contributed by atoms with Crippen LogP contribution in [-0.2, 0) is 6.42 Å². The van der Waals surface area contributed by atoms with E-state index in [2.05, 4.69) is 18.8 Å². The Morgan fingerprint density at radius 3 is 2.56 bits per heavy atom. The molecule has 0 saturated heterocycles. The van der Waals surface area contributed by atoms with Gasteiger partial charge in [-0.2, -0.15) is 4.98 Å². The van der Waals surface area contributed by atoms with Crippen LogP contribution in [0.15, 0.2) is 16.5 Å². The van der Waals surface area contributed by atoms with Crippen LogP contribution in [0.2, 0.25) is 0 Å². The zero-order chi connectivity index (χ0) is 13.3. The second-order valence-corrected chi connectivity index (χ2v) is 4.32. The molecule has 0 bridgehead atoms. The second kappa shape index (κ2) is 4.72. The highest BCUT2D eigenvalue weighted by Crippen LogP contribution is 2.35. The maximum Gasteiger partial charge on any atom is 0.292 e. The number of methoxy groups -OCH3 is 1. The number of nitrogens with zero attached hydrogens (tertiary/aromatic N) is 1. The topological polar surface area (TPSA) is 61.3 Å². The van der Waals surface area contributed by atoms with Gasteiger partial charge in [-0.25, -0.2) is 0 Å². The van der Waals surface area contributed by atoms with E-state index in [4.69, 9.17) is 14.9 Å². The fraction of sp³-hybridized carbons (Fsp3) is 0.357. The molecule has 18 heavy (non-hydrogen) atoms. The van der Waals surface area contributed by atoms with Crippen LogP contribution in [0.25, 0.3) is 11.3 Å². The van der Waals surface area contributed by atoms with Crippen LogP contribution >= 0.6 is 0 Å². The van der Waals surface area contributed by atoms with E-state index in [0.717, 1.165) is 23.4 Å². The first-order chi connectivity index (χ1) is 8.56. The van der Waals surface area contributed by atoms with Gasteiger partial charge in [0.1, 0.15) is 5.75 Å². The number of anilines is 1. The predicted molar refractivity (Wildman–Crippen MR) is 71.8 cm³/mol. The van der Waals surface area contributed by atoms with Gasteiger partial charge in [0.2, 0.25) is 0 Å². The molecule has 0 aliphatic heterocycles. The molecule has 4 heteroatoms. The molecular weight excluding hydrogens is 228 g/mol. The van der Waals surface area contributed by atoms with Crippen molar-refractivity contribution in [3.05, 3.63) is 29.0 Å². The number of nitrogens with two attached hydrogens (primary N) is 1. The lowest BCUT2D eigenvalue weighted by Gasteiger charge is -2.10. The van der Waals surface area contributed by atoms with Crippen LogP contribution in [0.3, 0.4) is 0 Å². The first kappa shape index (κ1) is 12.5. The smallest absolute Gasteiger partial charge is 0.292 e. The fourth-order valence-corrected chi connectivity index (χ4v) is 1.96. The number of benzene rings is 1. The van der Waals surface area contributed by atoms with Gasteiger partial charge in [0, 0.05) is 0 Å². The van der Waals surface area contributed by atoms with Gasteiger partial charge >= 0.3 is 0 Å². The van der Waals surface area contributed by atoms with Crippen molar-refractivity contribution in [1.82, 2.24) is 4.98 Å². The SMILES string of the molecule is CCc1nc(N)oc1-c1cc(C)c(C)cc1OC. The number of rotatable bonds is 3. The number of hydrogen-bond donors (Lipinski definition) is 1. The van der Waals surface area contributed by atoms with Gasteiger partial charge in [-0.1, -0.05) is 6.92 Å². The summed E-state index contributed by atoms with van der Waals surface area (Å²) in [6, 6.07) is 4.25. The maximum absolute atomic E-state index is 5.63. The molecule has 0 radical (unpaired) electrons. The van der Waals surface area contributed by atoms with Crippen molar-refractivity contribution in [1.29, 1.82) is 0 Å². The van der Waals surface area contributed by atoms with Gasteiger partial charge in [0.15, 0.2) is 5.76 Å². The lowest BCUT2D eigenvalue weighted by molar-refractivity contribution is 0.414. The Hall–Kier alpha value is -1.97. The molecule has 2 rings (SSSR count). The number of aryl methyl sites for hydroxylation is 3. The van der Waals surface area contributed by atoms with Crippen molar-refractivity contribution in [2.75, 3.05) is 12.8 Å². The van der Waals surface area contributed by atoms with E-state index in [1.165, 1.54) is 11.1 Å². The van der Waals surface area contributed by atoms with Crippen molar-refractivity contribution >= 4 is 6.01 Å². The minimum absolute atomic E-state index is 0.196. The molecule has 0 spiro atoms. The van der Waals surface area contributed by atoms with Gasteiger partial charge in [-0.3, -0.25) is 0 Å². The molecule has 96 valence electrons. The highest BCUT2D eigenvalue weighted by Gasteiger charge is 2.17. The zero-order valence-electron chi connectivity index (χ0n) is 11.2. The number of aromatic nitrogens is 1. The van der Waals surface area contributed by atoms with E-state index < -0.39 is 0 Å². The molecule has 4 nitrogen and oxygen atoms in total. The Morgan fingerprint density at radius 1 is 1.28 bits per heavy atom. The van der Waals surface area contributed by atoms with E-state index in [-0.39, 0.29) is 6.01 Å². The molecule has 0 aliphatic carbocycles. The average molecular weight is 246 g/mol. The third-order valence-corrected chi connectivity index (χ3v) is 3.11. The van der Waals surface area contributed by atoms with Crippen LogP contribution in [-0.4, -0.2) is 12.1 Å². The molecule has 0 aliphatic rings. The highest BCUT2D eigenvalue weighted by molar-refractivity contribution is 5.70. The quantitative estimate of drug-likeness (QED) is 0.903. The summed E-state index contributed by atoms with van der Waals surface area (Å²) < 4.78 is 10.9. The average Bonchev–Trinajstić information content (AvgIpc) is 2.73. The van der Waals surface area contributed by atoms with Gasteiger partial charge in [0.25, 0.3) is 6.01 Å². The fourth-order valence-electron chi connectivity index (χ4n) is 1.96. The lowest BCUT2D eigenvalue weighted by Crippen LogP contribution is -1.93. The van der Waals surface area contributed by atoms with Crippen molar-refractivity contribution in [3.8, 4) is 17.1 Å². The van der Waals surface area contributed by atoms with Gasteiger partial charge in [0.05, 0.1) is 18.4 Å². The minimum atomic E-state index is 0.196. The van der Waals surface area contributed by atoms with Gasteiger partial charge in [-0.15, -0.1) is 0 Å². The van der Waals surface area contributed by atoms with E-state index >= 15 is 0 Å². The van der Waals surface area contributed by atoms with Crippen LogP contribution in [0.5, 0.6) is 5.75 Å². The zero-order valence-corrected chi connectivity index (χ0v) is 11.2. The second-order valence-electron chi connectivity index (χ2n) is 4.32. The summed E-state index contributed by atoms with van der Waals surface area (Å²) in [6.45, 7) is 6.13. The minimum Gasteiger partial charge on any atom is -0.496 e. The molecule has 0 amide bonds. The number of oxazole rings is 1. The molecule has 0 unspecified atom stereocenters. The Labute approximate surface area is 107 Å². The maximum atomic E-state index is 5.63. The third-order valence-electron chi connectivity index (χ3n) is 3.11. The van der Waals surface area contributed by atoms with E-state index in [9.17, 15) is 0 Å². The third kappa shape index (κ3) is 2.06. The Bertz CT molecular complexity index is 573. The van der Waals surface area contributed by atoms with Crippen molar-refractivity contribution in [2.24, 2.45) is 0 Å². The molecule has 1 aromatic carbocycles. The first-order valence-corrected chi connectivity index (χ1v) is 5.97. The van der Waals surface area contributed by atoms with Gasteiger partial charge < -0.3 is 14.9 Å². The van der Waals surface area contributed by atoms with Crippen LogP contribution in [0.4, 0.5) is 6.01 Å². The number of hydrogen-bond acceptors (Lipinski definition) is 4. The predicted octanol–water partition coefficient (Wildman–Crippen LogP) is 3.11. The normalized spacial score (nSPS) is 10.7. The summed E-state index contributed by atoms with van der Waals surface area (Å²) >= 11 is 0. The van der Waals surface area contributed by atoms with Crippen molar-refractivity contribution in [3.63, 3.8) is 0 Å². The molecular formula is C14H18N2O2. The van der Waals surface area contributed by atoms with E-state index in [1.54, 1.807) is 7.11 Å². The van der Waals surface area contributed by atoms with Gasteiger partial charge in [-0.05, 0) is 43.5 Å². The molecule has 0 saturated carbocycles. The molecule has 2 N–H and O–H groups in total. The van der Waals surface area contributed by atoms with Crippen molar-refractivity contribution in [2.45, 2.75) is 27.2 Å². The van der Waals surface area contributed by atoms with E-state index in [1.807, 2.05) is 19.1 Å². The number of ether oxygens (including phenoxy) is 1. The van der Waals surface area contributed by atoms with Crippen LogP contribution < -0.4 is 10.5 Å². The molecule has 1 aromatic heterocycles. The number of nitrogen functional groups attached to an aromatic ring is 1. The monoisotopic (exact) mass is 246 g/mol.